The molecule has 90 valence electrons. The number of halogens is 2. The molecule has 1 saturated carbocycles. The summed E-state index contributed by atoms with van der Waals surface area (Å²) in [6.07, 6.45) is 1.71. The van der Waals surface area contributed by atoms with E-state index in [0.717, 1.165) is 12.8 Å². The molecule has 0 radical (unpaired) electrons. The fourth-order valence-electron chi connectivity index (χ4n) is 1.37. The molecular weight excluding hydrogens is 263 g/mol. The molecule has 0 atom stereocenters. The quantitative estimate of drug-likeness (QED) is 0.625. The molecule has 0 saturated heterocycles. The van der Waals surface area contributed by atoms with Crippen LogP contribution in [0.15, 0.2) is 18.2 Å². The number of ketones is 1. The Hall–Kier alpha value is -1.06. The van der Waals surface area contributed by atoms with E-state index >= 15 is 0 Å². The van der Waals surface area contributed by atoms with Crippen LogP contribution in [0.2, 0.25) is 10.0 Å². The van der Waals surface area contributed by atoms with E-state index in [1.54, 1.807) is 6.07 Å². The SMILES string of the molecule is O=C(COC(=O)C1CC1)c1ccc(Cl)cc1Cl. The number of hydrogen-bond acceptors (Lipinski definition) is 3. The summed E-state index contributed by atoms with van der Waals surface area (Å²) in [5.74, 6) is -0.632. The van der Waals surface area contributed by atoms with Crippen molar-refractivity contribution in [1.82, 2.24) is 0 Å². The summed E-state index contributed by atoms with van der Waals surface area (Å²) in [6.45, 7) is -0.267. The maximum Gasteiger partial charge on any atom is 0.309 e. The number of ether oxygens (including phenoxy) is 1. The maximum atomic E-state index is 11.7. The second-order valence-corrected chi connectivity index (χ2v) is 4.77. The first-order valence-corrected chi connectivity index (χ1v) is 5.98. The van der Waals surface area contributed by atoms with Crippen LogP contribution in [0.25, 0.3) is 0 Å². The molecule has 0 spiro atoms. The maximum absolute atomic E-state index is 11.7. The van der Waals surface area contributed by atoms with Crippen LogP contribution in [-0.2, 0) is 9.53 Å². The van der Waals surface area contributed by atoms with Gasteiger partial charge in [0.15, 0.2) is 6.61 Å². The van der Waals surface area contributed by atoms with E-state index in [-0.39, 0.29) is 29.3 Å². The average molecular weight is 273 g/mol. The lowest BCUT2D eigenvalue weighted by atomic mass is 10.1. The van der Waals surface area contributed by atoms with Crippen LogP contribution in [0.4, 0.5) is 0 Å². The highest BCUT2D eigenvalue weighted by molar-refractivity contribution is 6.36. The highest BCUT2D eigenvalue weighted by Gasteiger charge is 2.31. The molecule has 1 aromatic rings. The van der Waals surface area contributed by atoms with Gasteiger partial charge in [-0.2, -0.15) is 0 Å². The Bertz CT molecular complexity index is 467. The van der Waals surface area contributed by atoms with Crippen molar-refractivity contribution in [2.45, 2.75) is 12.8 Å². The second-order valence-electron chi connectivity index (χ2n) is 3.93. The molecule has 0 aromatic heterocycles. The fourth-order valence-corrected chi connectivity index (χ4v) is 1.88. The van der Waals surface area contributed by atoms with Crippen molar-refractivity contribution < 1.29 is 14.3 Å². The summed E-state index contributed by atoms with van der Waals surface area (Å²) in [6, 6.07) is 4.58. The number of benzene rings is 1. The smallest absolute Gasteiger partial charge is 0.309 e. The van der Waals surface area contributed by atoms with Gasteiger partial charge in [-0.15, -0.1) is 0 Å². The first kappa shape index (κ1) is 12.4. The van der Waals surface area contributed by atoms with Crippen molar-refractivity contribution in [2.24, 2.45) is 5.92 Å². The van der Waals surface area contributed by atoms with Gasteiger partial charge in [-0.3, -0.25) is 9.59 Å². The number of carbonyl (C=O) groups excluding carboxylic acids is 2. The Kier molecular flexibility index (Phi) is 3.69. The summed E-state index contributed by atoms with van der Waals surface area (Å²) < 4.78 is 4.89. The minimum atomic E-state index is -0.319. The summed E-state index contributed by atoms with van der Waals surface area (Å²) in [7, 11) is 0. The van der Waals surface area contributed by atoms with Crippen LogP contribution < -0.4 is 0 Å². The molecule has 0 aliphatic heterocycles. The minimum absolute atomic E-state index is 0.0107. The van der Waals surface area contributed by atoms with Crippen molar-refractivity contribution in [3.63, 3.8) is 0 Å². The van der Waals surface area contributed by atoms with E-state index in [0.29, 0.717) is 10.6 Å². The highest BCUT2D eigenvalue weighted by Crippen LogP contribution is 2.30. The largest absolute Gasteiger partial charge is 0.457 e. The fraction of sp³-hybridized carbons (Fsp3) is 0.333. The van der Waals surface area contributed by atoms with Gasteiger partial charge in [0.25, 0.3) is 0 Å². The third-order valence-corrected chi connectivity index (χ3v) is 3.04. The van der Waals surface area contributed by atoms with Crippen molar-refractivity contribution in [2.75, 3.05) is 6.61 Å². The van der Waals surface area contributed by atoms with E-state index in [4.69, 9.17) is 27.9 Å². The molecular formula is C12H10Cl2O3. The van der Waals surface area contributed by atoms with Gasteiger partial charge < -0.3 is 4.74 Å². The van der Waals surface area contributed by atoms with Crippen LogP contribution in [0.5, 0.6) is 0 Å². The standard InChI is InChI=1S/C12H10Cl2O3/c13-8-3-4-9(10(14)5-8)11(15)6-17-12(16)7-1-2-7/h3-5,7H,1-2,6H2. The number of esters is 1. The van der Waals surface area contributed by atoms with Gasteiger partial charge in [-0.1, -0.05) is 23.2 Å². The molecule has 0 bridgehead atoms. The van der Waals surface area contributed by atoms with Gasteiger partial charge in [0.1, 0.15) is 0 Å². The lowest BCUT2D eigenvalue weighted by molar-refractivity contribution is -0.144. The zero-order valence-corrected chi connectivity index (χ0v) is 10.4. The Morgan fingerprint density at radius 2 is 2.00 bits per heavy atom. The van der Waals surface area contributed by atoms with Gasteiger partial charge in [0.2, 0.25) is 5.78 Å². The normalized spacial score (nSPS) is 14.5. The van der Waals surface area contributed by atoms with E-state index in [9.17, 15) is 9.59 Å². The van der Waals surface area contributed by atoms with Crippen LogP contribution >= 0.6 is 23.2 Å². The lowest BCUT2D eigenvalue weighted by Crippen LogP contribution is -2.15. The van der Waals surface area contributed by atoms with Crippen molar-refractivity contribution in [1.29, 1.82) is 0 Å². The Morgan fingerprint density at radius 3 is 2.59 bits per heavy atom. The third-order valence-electron chi connectivity index (χ3n) is 2.49. The van der Waals surface area contributed by atoms with E-state index < -0.39 is 0 Å². The van der Waals surface area contributed by atoms with Gasteiger partial charge >= 0.3 is 5.97 Å². The number of rotatable bonds is 4. The summed E-state index contributed by atoms with van der Waals surface area (Å²) in [4.78, 5) is 23.0. The van der Waals surface area contributed by atoms with Crippen molar-refractivity contribution >= 4 is 35.0 Å². The predicted octanol–water partition coefficient (Wildman–Crippen LogP) is 3.13. The van der Waals surface area contributed by atoms with E-state index in [2.05, 4.69) is 0 Å². The summed E-state index contributed by atoms with van der Waals surface area (Å²) in [5, 5.41) is 0.728. The molecule has 0 heterocycles. The van der Waals surface area contributed by atoms with Crippen LogP contribution in [0, 0.1) is 5.92 Å². The van der Waals surface area contributed by atoms with Gasteiger partial charge in [0.05, 0.1) is 10.9 Å². The first-order valence-electron chi connectivity index (χ1n) is 5.23. The topological polar surface area (TPSA) is 43.4 Å². The second kappa shape index (κ2) is 5.07. The monoisotopic (exact) mass is 272 g/mol. The van der Waals surface area contributed by atoms with Crippen molar-refractivity contribution in [3.05, 3.63) is 33.8 Å². The predicted molar refractivity (Wildman–Crippen MR) is 64.5 cm³/mol. The molecule has 0 unspecified atom stereocenters. The van der Waals surface area contributed by atoms with Gasteiger partial charge in [0, 0.05) is 10.6 Å². The molecule has 17 heavy (non-hydrogen) atoms. The molecule has 0 amide bonds. The number of Topliss-reactive ketones (excluding diaryl/α,β-unsaturated/α-hetero) is 1. The zero-order valence-electron chi connectivity index (χ0n) is 8.91. The molecule has 1 aliphatic carbocycles. The zero-order chi connectivity index (χ0) is 12.4. The van der Waals surface area contributed by atoms with Crippen molar-refractivity contribution in [3.8, 4) is 0 Å². The number of carbonyl (C=O) groups is 2. The van der Waals surface area contributed by atoms with E-state index in [1.165, 1.54) is 12.1 Å². The molecule has 1 aliphatic rings. The molecule has 1 fully saturated rings. The molecule has 0 N–H and O–H groups in total. The van der Waals surface area contributed by atoms with Crippen LogP contribution in [0.1, 0.15) is 23.2 Å². The average Bonchev–Trinajstić information content (AvgIpc) is 3.09. The lowest BCUT2D eigenvalue weighted by Gasteiger charge is -2.05. The Morgan fingerprint density at radius 1 is 1.29 bits per heavy atom. The van der Waals surface area contributed by atoms with E-state index in [1.807, 2.05) is 0 Å². The van der Waals surface area contributed by atoms with Gasteiger partial charge in [-0.05, 0) is 31.0 Å². The van der Waals surface area contributed by atoms with Gasteiger partial charge in [-0.25, -0.2) is 0 Å². The first-order chi connectivity index (χ1) is 8.08. The number of hydrogen-bond donors (Lipinski definition) is 0. The Balaban J connectivity index is 1.96. The molecule has 3 nitrogen and oxygen atoms in total. The molecule has 5 heteroatoms. The third kappa shape index (κ3) is 3.20. The Labute approximate surface area is 109 Å². The molecule has 1 aromatic carbocycles. The summed E-state index contributed by atoms with van der Waals surface area (Å²) in [5.41, 5.74) is 0.319. The summed E-state index contributed by atoms with van der Waals surface area (Å²) >= 11 is 11.6. The highest BCUT2D eigenvalue weighted by atomic mass is 35.5. The molecule has 2 rings (SSSR count). The van der Waals surface area contributed by atoms with Crippen LogP contribution in [-0.4, -0.2) is 18.4 Å². The minimum Gasteiger partial charge on any atom is -0.457 e. The van der Waals surface area contributed by atoms with Crippen LogP contribution in [0.3, 0.4) is 0 Å².